The van der Waals surface area contributed by atoms with E-state index in [1.807, 2.05) is 0 Å². The second-order valence-corrected chi connectivity index (χ2v) is 2.66. The van der Waals surface area contributed by atoms with Gasteiger partial charge in [-0.2, -0.15) is 8.78 Å². The first-order chi connectivity index (χ1) is 6.54. The second kappa shape index (κ2) is 4.50. The molecule has 0 aliphatic rings. The van der Waals surface area contributed by atoms with E-state index in [0.717, 1.165) is 6.07 Å². The molecular weight excluding hydrogens is 224 g/mol. The lowest BCUT2D eigenvalue weighted by Crippen LogP contribution is -2.05. The predicted octanol–water partition coefficient (Wildman–Crippen LogP) is 3.31. The zero-order valence-corrected chi connectivity index (χ0v) is 7.49. The number of alkyl halides is 3. The summed E-state index contributed by atoms with van der Waals surface area (Å²) in [5, 5.41) is 0. The van der Waals surface area contributed by atoms with Gasteiger partial charge in [-0.05, 0) is 6.07 Å². The molecule has 0 aliphatic heterocycles. The summed E-state index contributed by atoms with van der Waals surface area (Å²) in [4.78, 5) is 0. The molecule has 0 aromatic heterocycles. The predicted molar refractivity (Wildman–Crippen MR) is 42.5 cm³/mol. The third-order valence-corrected chi connectivity index (χ3v) is 1.73. The molecule has 6 heteroatoms. The van der Waals surface area contributed by atoms with Crippen LogP contribution in [0.1, 0.15) is 5.56 Å². The lowest BCUT2D eigenvalue weighted by molar-refractivity contribution is -0.0524. The van der Waals surface area contributed by atoms with Crippen LogP contribution in [0.3, 0.4) is 0 Å². The van der Waals surface area contributed by atoms with Crippen LogP contribution >= 0.6 is 11.6 Å². The molecule has 0 amide bonds. The van der Waals surface area contributed by atoms with Crippen LogP contribution < -0.4 is 4.74 Å². The number of rotatable bonds is 3. The summed E-state index contributed by atoms with van der Waals surface area (Å²) < 4.78 is 53.0. The van der Waals surface area contributed by atoms with Crippen molar-refractivity contribution in [2.24, 2.45) is 0 Å². The van der Waals surface area contributed by atoms with Gasteiger partial charge in [0.2, 0.25) is 0 Å². The van der Waals surface area contributed by atoms with Gasteiger partial charge in [-0.3, -0.25) is 0 Å². The Bertz CT molecular complexity index is 329. The molecule has 14 heavy (non-hydrogen) atoms. The maximum atomic E-state index is 13.1. The molecule has 0 N–H and O–H groups in total. The summed E-state index contributed by atoms with van der Waals surface area (Å²) in [6.45, 7) is -3.20. The summed E-state index contributed by atoms with van der Waals surface area (Å²) in [6.07, 6.45) is 0. The summed E-state index contributed by atoms with van der Waals surface area (Å²) in [7, 11) is 0. The normalized spacial score (nSPS) is 10.7. The number of hydrogen-bond acceptors (Lipinski definition) is 1. The van der Waals surface area contributed by atoms with Crippen LogP contribution in [0.15, 0.2) is 12.1 Å². The van der Waals surface area contributed by atoms with Gasteiger partial charge < -0.3 is 4.74 Å². The Morgan fingerprint density at radius 3 is 2.43 bits per heavy atom. The van der Waals surface area contributed by atoms with E-state index in [4.69, 9.17) is 11.6 Å². The van der Waals surface area contributed by atoms with Gasteiger partial charge >= 0.3 is 6.61 Å². The van der Waals surface area contributed by atoms with Crippen molar-refractivity contribution in [1.29, 1.82) is 0 Å². The van der Waals surface area contributed by atoms with E-state index in [1.165, 1.54) is 0 Å². The molecule has 0 atom stereocenters. The van der Waals surface area contributed by atoms with Crippen molar-refractivity contribution in [3.05, 3.63) is 29.3 Å². The minimum absolute atomic E-state index is 0.220. The molecule has 1 aromatic rings. The minimum Gasteiger partial charge on any atom is -0.432 e. The fraction of sp³-hybridized carbons (Fsp3) is 0.250. The van der Waals surface area contributed by atoms with Crippen molar-refractivity contribution in [2.45, 2.75) is 12.5 Å². The van der Waals surface area contributed by atoms with Gasteiger partial charge in [0.15, 0.2) is 11.6 Å². The quantitative estimate of drug-likeness (QED) is 0.570. The van der Waals surface area contributed by atoms with Crippen LogP contribution in [0.4, 0.5) is 17.6 Å². The van der Waals surface area contributed by atoms with Gasteiger partial charge in [-0.15, -0.1) is 11.6 Å². The van der Waals surface area contributed by atoms with Crippen LogP contribution in [0, 0.1) is 11.6 Å². The molecule has 0 aliphatic carbocycles. The van der Waals surface area contributed by atoms with Crippen LogP contribution in [0.25, 0.3) is 0 Å². The number of hydrogen-bond donors (Lipinski definition) is 0. The van der Waals surface area contributed by atoms with Crippen molar-refractivity contribution >= 4 is 11.6 Å². The molecule has 78 valence electrons. The highest BCUT2D eigenvalue weighted by atomic mass is 35.5. The summed E-state index contributed by atoms with van der Waals surface area (Å²) in [5.41, 5.74) is -0.220. The zero-order chi connectivity index (χ0) is 10.7. The van der Waals surface area contributed by atoms with Crippen LogP contribution in [0.2, 0.25) is 0 Å². The topological polar surface area (TPSA) is 9.23 Å². The Morgan fingerprint density at radius 2 is 1.93 bits per heavy atom. The van der Waals surface area contributed by atoms with E-state index in [9.17, 15) is 17.6 Å². The molecule has 0 fully saturated rings. The van der Waals surface area contributed by atoms with Gasteiger partial charge in [0, 0.05) is 11.6 Å². The molecule has 1 aromatic carbocycles. The molecule has 0 spiro atoms. The first kappa shape index (κ1) is 11.1. The van der Waals surface area contributed by atoms with Gasteiger partial charge in [-0.25, -0.2) is 8.78 Å². The molecule has 0 heterocycles. The number of halogens is 5. The van der Waals surface area contributed by atoms with Gasteiger partial charge in [0.1, 0.15) is 5.82 Å². The van der Waals surface area contributed by atoms with E-state index in [2.05, 4.69) is 4.74 Å². The third kappa shape index (κ3) is 2.51. The number of ether oxygens (including phenoxy) is 1. The minimum atomic E-state index is -3.20. The van der Waals surface area contributed by atoms with E-state index in [1.54, 1.807) is 0 Å². The smallest absolute Gasteiger partial charge is 0.387 e. The summed E-state index contributed by atoms with van der Waals surface area (Å²) in [5.74, 6) is -3.10. The second-order valence-electron chi connectivity index (χ2n) is 2.39. The Labute approximate surface area is 82.2 Å². The zero-order valence-electron chi connectivity index (χ0n) is 6.74. The summed E-state index contributed by atoms with van der Waals surface area (Å²) >= 11 is 5.26. The van der Waals surface area contributed by atoms with Crippen molar-refractivity contribution in [3.8, 4) is 5.75 Å². The van der Waals surface area contributed by atoms with Gasteiger partial charge in [0.05, 0.1) is 5.88 Å². The van der Waals surface area contributed by atoms with Crippen molar-refractivity contribution in [3.63, 3.8) is 0 Å². The molecule has 0 saturated heterocycles. The highest BCUT2D eigenvalue weighted by Gasteiger charge is 2.15. The first-order valence-corrected chi connectivity index (χ1v) is 4.06. The largest absolute Gasteiger partial charge is 0.432 e. The standard InChI is InChI=1S/C8H5ClF4O/c9-3-4-1-5(10)2-6(7(4)11)14-8(12)13/h1-2,8H,3H2. The van der Waals surface area contributed by atoms with E-state index < -0.39 is 24.0 Å². The fourth-order valence-corrected chi connectivity index (χ4v) is 1.09. The maximum Gasteiger partial charge on any atom is 0.387 e. The Balaban J connectivity index is 3.08. The van der Waals surface area contributed by atoms with Crippen LogP contribution in [0.5, 0.6) is 5.75 Å². The SMILES string of the molecule is Fc1cc(CCl)c(F)c(OC(F)F)c1. The average Bonchev–Trinajstić information content (AvgIpc) is 2.09. The molecule has 0 saturated carbocycles. The first-order valence-electron chi connectivity index (χ1n) is 3.53. The van der Waals surface area contributed by atoms with Gasteiger partial charge in [-0.1, -0.05) is 0 Å². The molecule has 0 unspecified atom stereocenters. The summed E-state index contributed by atoms with van der Waals surface area (Å²) in [6, 6.07) is 1.36. The average molecular weight is 229 g/mol. The van der Waals surface area contributed by atoms with Crippen molar-refractivity contribution in [2.75, 3.05) is 0 Å². The molecule has 0 radical (unpaired) electrons. The molecule has 1 rings (SSSR count). The Kier molecular flexibility index (Phi) is 3.57. The Hall–Kier alpha value is -0.970. The lowest BCUT2D eigenvalue weighted by Gasteiger charge is -2.07. The van der Waals surface area contributed by atoms with E-state index >= 15 is 0 Å². The molecule has 1 nitrogen and oxygen atoms in total. The third-order valence-electron chi connectivity index (χ3n) is 1.44. The van der Waals surface area contributed by atoms with E-state index in [0.29, 0.717) is 6.07 Å². The number of benzene rings is 1. The van der Waals surface area contributed by atoms with Crippen molar-refractivity contribution in [1.82, 2.24) is 0 Å². The van der Waals surface area contributed by atoms with E-state index in [-0.39, 0.29) is 11.4 Å². The fourth-order valence-electron chi connectivity index (χ4n) is 0.897. The highest BCUT2D eigenvalue weighted by Crippen LogP contribution is 2.25. The maximum absolute atomic E-state index is 13.1. The van der Waals surface area contributed by atoms with Gasteiger partial charge in [0.25, 0.3) is 0 Å². The Morgan fingerprint density at radius 1 is 1.29 bits per heavy atom. The van der Waals surface area contributed by atoms with Crippen molar-refractivity contribution < 1.29 is 22.3 Å². The highest BCUT2D eigenvalue weighted by molar-refractivity contribution is 6.17. The van der Waals surface area contributed by atoms with Crippen LogP contribution in [-0.2, 0) is 5.88 Å². The molecule has 0 bridgehead atoms. The van der Waals surface area contributed by atoms with Crippen LogP contribution in [-0.4, -0.2) is 6.61 Å². The monoisotopic (exact) mass is 228 g/mol. The lowest BCUT2D eigenvalue weighted by atomic mass is 10.2. The molecular formula is C8H5ClF4O.